The van der Waals surface area contributed by atoms with Crippen LogP contribution in [-0.2, 0) is 4.79 Å². The Bertz CT molecular complexity index is 960. The van der Waals surface area contributed by atoms with E-state index in [2.05, 4.69) is 19.2 Å². The summed E-state index contributed by atoms with van der Waals surface area (Å²) in [5.74, 6) is 0.810. The van der Waals surface area contributed by atoms with Crippen LogP contribution in [0.5, 0.6) is 5.75 Å². The van der Waals surface area contributed by atoms with Gasteiger partial charge >= 0.3 is 0 Å². The first kappa shape index (κ1) is 23.6. The largest absolute Gasteiger partial charge is 0.474 e. The lowest BCUT2D eigenvalue weighted by Gasteiger charge is -2.39. The normalized spacial score (nSPS) is 24.8. The van der Waals surface area contributed by atoms with Crippen molar-refractivity contribution in [1.29, 1.82) is 0 Å². The zero-order valence-electron chi connectivity index (χ0n) is 20.6. The molecule has 1 amide bonds. The summed E-state index contributed by atoms with van der Waals surface area (Å²) >= 11 is 0. The number of hydrogen-bond donors (Lipinski definition) is 1. The summed E-state index contributed by atoms with van der Waals surface area (Å²) in [6.45, 7) is 5.39. The molecule has 0 radical (unpaired) electrons. The quantitative estimate of drug-likeness (QED) is 0.525. The maximum atomic E-state index is 13.5. The molecule has 0 saturated carbocycles. The number of ether oxygens (including phenoxy) is 1. The molecule has 0 aromatic heterocycles. The smallest absolute Gasteiger partial charge is 0.272 e. The molecule has 2 aromatic rings. The Morgan fingerprint density at radius 3 is 2.73 bits per heavy atom. The molecule has 1 unspecified atom stereocenters. The third kappa shape index (κ3) is 5.52. The standard InChI is InChI=1S/C28H39N3O2/c1-21-12-11-18-28(2,29-21)17-8-5-9-19-31-24-15-6-7-16-25(24)33-26(27(31)32)22-13-10-14-23(20-22)30(3)4/h6-7,10,13-16,20-21,26,29H,5,8-9,11-12,17-19H2,1-4H3/t21-,26?,28+/m0/s1. The van der Waals surface area contributed by atoms with Crippen LogP contribution < -0.4 is 19.9 Å². The van der Waals surface area contributed by atoms with Crippen LogP contribution in [0.4, 0.5) is 11.4 Å². The Kier molecular flexibility index (Phi) is 7.28. The summed E-state index contributed by atoms with van der Waals surface area (Å²) in [6.07, 6.45) is 7.77. The minimum Gasteiger partial charge on any atom is -0.474 e. The van der Waals surface area contributed by atoms with E-state index in [9.17, 15) is 4.79 Å². The summed E-state index contributed by atoms with van der Waals surface area (Å²) in [4.78, 5) is 17.5. The van der Waals surface area contributed by atoms with Crippen LogP contribution in [0, 0.1) is 0 Å². The molecule has 4 rings (SSSR count). The highest BCUT2D eigenvalue weighted by Crippen LogP contribution is 2.39. The minimum absolute atomic E-state index is 0.0272. The van der Waals surface area contributed by atoms with Gasteiger partial charge in [-0.05, 0) is 63.8 Å². The number of carbonyl (C=O) groups excluding carboxylic acids is 1. The average Bonchev–Trinajstić information content (AvgIpc) is 2.79. The molecule has 3 atom stereocenters. The van der Waals surface area contributed by atoms with Gasteiger partial charge in [-0.3, -0.25) is 4.79 Å². The van der Waals surface area contributed by atoms with Gasteiger partial charge in [0.05, 0.1) is 5.69 Å². The van der Waals surface area contributed by atoms with Crippen molar-refractivity contribution in [2.24, 2.45) is 0 Å². The fourth-order valence-corrected chi connectivity index (χ4v) is 5.32. The minimum atomic E-state index is -0.605. The summed E-state index contributed by atoms with van der Waals surface area (Å²) in [5, 5.41) is 3.80. The fraction of sp³-hybridized carbons (Fsp3) is 0.536. The van der Waals surface area contributed by atoms with E-state index in [0.717, 1.165) is 42.1 Å². The first-order valence-electron chi connectivity index (χ1n) is 12.5. The highest BCUT2D eigenvalue weighted by Gasteiger charge is 2.35. The molecule has 2 aromatic carbocycles. The number of unbranched alkanes of at least 4 members (excludes halogenated alkanes) is 2. The van der Waals surface area contributed by atoms with E-state index in [0.29, 0.717) is 6.04 Å². The van der Waals surface area contributed by atoms with Gasteiger partial charge < -0.3 is 19.9 Å². The van der Waals surface area contributed by atoms with Crippen LogP contribution in [0.15, 0.2) is 48.5 Å². The molecule has 2 aliphatic heterocycles. The highest BCUT2D eigenvalue weighted by atomic mass is 16.5. The van der Waals surface area contributed by atoms with E-state index in [4.69, 9.17) is 4.74 Å². The number of amides is 1. The van der Waals surface area contributed by atoms with E-state index >= 15 is 0 Å². The molecule has 33 heavy (non-hydrogen) atoms. The third-order valence-electron chi connectivity index (χ3n) is 7.15. The number of hydrogen-bond acceptors (Lipinski definition) is 4. The van der Waals surface area contributed by atoms with Crippen LogP contribution in [0.3, 0.4) is 0 Å². The van der Waals surface area contributed by atoms with Crippen LogP contribution in [-0.4, -0.2) is 38.1 Å². The van der Waals surface area contributed by atoms with E-state index in [1.54, 1.807) is 0 Å². The molecule has 0 spiro atoms. The zero-order valence-corrected chi connectivity index (χ0v) is 20.6. The maximum Gasteiger partial charge on any atom is 0.272 e. The lowest BCUT2D eigenvalue weighted by atomic mass is 9.84. The summed E-state index contributed by atoms with van der Waals surface area (Å²) in [7, 11) is 4.02. The number of fused-ring (bicyclic) bond motifs is 1. The van der Waals surface area contributed by atoms with Gasteiger partial charge in [0.1, 0.15) is 5.75 Å². The van der Waals surface area contributed by atoms with Gasteiger partial charge in [-0.1, -0.05) is 43.5 Å². The Labute approximate surface area is 199 Å². The van der Waals surface area contributed by atoms with Crippen molar-refractivity contribution in [3.8, 4) is 5.75 Å². The van der Waals surface area contributed by atoms with Gasteiger partial charge in [-0.15, -0.1) is 0 Å². The zero-order chi connectivity index (χ0) is 23.4. The summed E-state index contributed by atoms with van der Waals surface area (Å²) < 4.78 is 6.21. The van der Waals surface area contributed by atoms with Crippen LogP contribution >= 0.6 is 0 Å². The van der Waals surface area contributed by atoms with Gasteiger partial charge in [-0.2, -0.15) is 0 Å². The summed E-state index contributed by atoms with van der Waals surface area (Å²) in [5.41, 5.74) is 3.11. The summed E-state index contributed by atoms with van der Waals surface area (Å²) in [6, 6.07) is 16.6. The van der Waals surface area contributed by atoms with Crippen LogP contribution in [0.1, 0.15) is 70.5 Å². The number of anilines is 2. The Morgan fingerprint density at radius 2 is 1.94 bits per heavy atom. The number of carbonyl (C=O) groups is 1. The fourth-order valence-electron chi connectivity index (χ4n) is 5.32. The van der Waals surface area contributed by atoms with E-state index in [1.807, 2.05) is 72.4 Å². The Balaban J connectivity index is 1.41. The van der Waals surface area contributed by atoms with Crippen molar-refractivity contribution in [3.63, 3.8) is 0 Å². The van der Waals surface area contributed by atoms with Crippen molar-refractivity contribution < 1.29 is 9.53 Å². The number of para-hydroxylation sites is 2. The van der Waals surface area contributed by atoms with Gasteiger partial charge in [0.25, 0.3) is 5.91 Å². The molecule has 0 aliphatic carbocycles. The van der Waals surface area contributed by atoms with Crippen molar-refractivity contribution in [3.05, 3.63) is 54.1 Å². The molecule has 5 heteroatoms. The average molecular weight is 450 g/mol. The van der Waals surface area contributed by atoms with Crippen molar-refractivity contribution in [2.75, 3.05) is 30.4 Å². The lowest BCUT2D eigenvalue weighted by Crippen LogP contribution is -2.50. The van der Waals surface area contributed by atoms with Crippen LogP contribution in [0.25, 0.3) is 0 Å². The van der Waals surface area contributed by atoms with Gasteiger partial charge in [0.2, 0.25) is 6.10 Å². The van der Waals surface area contributed by atoms with E-state index < -0.39 is 6.10 Å². The molecular formula is C28H39N3O2. The number of nitrogens with zero attached hydrogens (tertiary/aromatic N) is 2. The van der Waals surface area contributed by atoms with Gasteiger partial charge in [-0.25, -0.2) is 0 Å². The van der Waals surface area contributed by atoms with Crippen molar-refractivity contribution in [2.45, 2.75) is 76.5 Å². The predicted molar refractivity (Wildman–Crippen MR) is 136 cm³/mol. The van der Waals surface area contributed by atoms with Crippen LogP contribution in [0.2, 0.25) is 0 Å². The lowest BCUT2D eigenvalue weighted by molar-refractivity contribution is -0.126. The van der Waals surface area contributed by atoms with E-state index in [-0.39, 0.29) is 11.4 Å². The number of piperidine rings is 1. The molecule has 2 aliphatic rings. The SMILES string of the molecule is C[C@H]1CCC[C@@](C)(CCCCCN2C(=O)C(c3cccc(N(C)C)c3)Oc3ccccc32)N1. The molecular weight excluding hydrogens is 410 g/mol. The number of rotatable bonds is 8. The second kappa shape index (κ2) is 10.2. The Hall–Kier alpha value is -2.53. The second-order valence-electron chi connectivity index (χ2n) is 10.3. The molecule has 0 bridgehead atoms. The molecule has 1 saturated heterocycles. The van der Waals surface area contributed by atoms with Gasteiger partial charge in [0.15, 0.2) is 0 Å². The third-order valence-corrected chi connectivity index (χ3v) is 7.15. The van der Waals surface area contributed by atoms with Crippen molar-refractivity contribution >= 4 is 17.3 Å². The molecule has 5 nitrogen and oxygen atoms in total. The maximum absolute atomic E-state index is 13.5. The molecule has 178 valence electrons. The number of benzene rings is 2. The molecule has 1 N–H and O–H groups in total. The van der Waals surface area contributed by atoms with Crippen molar-refractivity contribution in [1.82, 2.24) is 5.32 Å². The second-order valence-corrected chi connectivity index (χ2v) is 10.3. The van der Waals surface area contributed by atoms with E-state index in [1.165, 1.54) is 32.1 Å². The highest BCUT2D eigenvalue weighted by molar-refractivity contribution is 6.00. The first-order valence-corrected chi connectivity index (χ1v) is 12.5. The molecule has 2 heterocycles. The predicted octanol–water partition coefficient (Wildman–Crippen LogP) is 5.70. The monoisotopic (exact) mass is 449 g/mol. The Morgan fingerprint density at radius 1 is 1.12 bits per heavy atom. The topological polar surface area (TPSA) is 44.8 Å². The molecule has 1 fully saturated rings. The number of nitrogens with one attached hydrogen (secondary N) is 1. The van der Waals surface area contributed by atoms with Gasteiger partial charge in [0, 0.05) is 43.5 Å². The first-order chi connectivity index (χ1) is 15.9.